The van der Waals surface area contributed by atoms with Crippen molar-refractivity contribution in [2.75, 3.05) is 13.7 Å². The van der Waals surface area contributed by atoms with Crippen molar-refractivity contribution in [3.8, 4) is 0 Å². The van der Waals surface area contributed by atoms with E-state index in [0.29, 0.717) is 17.7 Å². The third-order valence-corrected chi connectivity index (χ3v) is 3.02. The molecule has 1 unspecified atom stereocenters. The molecule has 0 saturated carbocycles. The van der Waals surface area contributed by atoms with E-state index in [1.165, 1.54) is 0 Å². The van der Waals surface area contributed by atoms with E-state index in [1.54, 1.807) is 33.1 Å². The van der Waals surface area contributed by atoms with Crippen LogP contribution in [0.2, 0.25) is 0 Å². The van der Waals surface area contributed by atoms with Crippen LogP contribution in [0.5, 0.6) is 0 Å². The molecule has 0 bridgehead atoms. The van der Waals surface area contributed by atoms with E-state index in [0.717, 1.165) is 0 Å². The molecule has 5 heteroatoms. The van der Waals surface area contributed by atoms with Crippen molar-refractivity contribution >= 4 is 11.9 Å². The smallest absolute Gasteiger partial charge is 0.336 e. The number of hydrogen-bond donors (Lipinski definition) is 2. The van der Waals surface area contributed by atoms with Crippen LogP contribution in [0.25, 0.3) is 0 Å². The maximum Gasteiger partial charge on any atom is 0.336 e. The number of rotatable bonds is 5. The van der Waals surface area contributed by atoms with Crippen LogP contribution in [0.3, 0.4) is 0 Å². The molecule has 1 aromatic rings. The van der Waals surface area contributed by atoms with Gasteiger partial charge >= 0.3 is 5.97 Å². The van der Waals surface area contributed by atoms with Gasteiger partial charge in [-0.2, -0.15) is 0 Å². The van der Waals surface area contributed by atoms with Gasteiger partial charge in [-0.25, -0.2) is 4.79 Å². The molecule has 0 aliphatic rings. The Morgan fingerprint density at radius 3 is 2.26 bits per heavy atom. The van der Waals surface area contributed by atoms with Crippen molar-refractivity contribution in [1.82, 2.24) is 5.32 Å². The predicted molar refractivity (Wildman–Crippen MR) is 71.7 cm³/mol. The fourth-order valence-corrected chi connectivity index (χ4v) is 1.79. The molecule has 2 N–H and O–H groups in total. The lowest BCUT2D eigenvalue weighted by molar-refractivity contribution is 0.0688. The summed E-state index contributed by atoms with van der Waals surface area (Å²) in [5.74, 6) is -1.48. The molecule has 0 aromatic heterocycles. The number of amides is 1. The molecule has 0 aliphatic carbocycles. The standard InChI is InChI=1S/C14H19NO4/c1-8-5-6-9(2)12(14(17)18)11(8)13(16)15-7-10(3)19-4/h5-6,10H,7H2,1-4H3,(H,15,16)(H,17,18). The van der Waals surface area contributed by atoms with Crippen LogP contribution in [0.1, 0.15) is 38.8 Å². The second-order valence-corrected chi connectivity index (χ2v) is 4.51. The zero-order valence-electron chi connectivity index (χ0n) is 11.6. The van der Waals surface area contributed by atoms with E-state index in [4.69, 9.17) is 4.74 Å². The first-order valence-corrected chi connectivity index (χ1v) is 6.03. The van der Waals surface area contributed by atoms with Gasteiger partial charge < -0.3 is 15.2 Å². The number of carbonyl (C=O) groups is 2. The average Bonchev–Trinajstić information content (AvgIpc) is 2.37. The molecule has 0 heterocycles. The molecule has 1 atom stereocenters. The summed E-state index contributed by atoms with van der Waals surface area (Å²) in [6.45, 7) is 5.56. The van der Waals surface area contributed by atoms with E-state index in [1.807, 2.05) is 6.92 Å². The molecule has 1 amide bonds. The molecule has 1 rings (SSSR count). The quantitative estimate of drug-likeness (QED) is 0.850. The normalized spacial score (nSPS) is 12.0. The third kappa shape index (κ3) is 3.54. The summed E-state index contributed by atoms with van der Waals surface area (Å²) in [6.07, 6.45) is -0.123. The Balaban J connectivity index is 3.08. The highest BCUT2D eigenvalue weighted by atomic mass is 16.5. The second kappa shape index (κ2) is 6.33. The Morgan fingerprint density at radius 2 is 1.79 bits per heavy atom. The number of carbonyl (C=O) groups excluding carboxylic acids is 1. The molecule has 0 fully saturated rings. The Bertz CT molecular complexity index is 496. The maximum absolute atomic E-state index is 12.1. The molecule has 0 aliphatic heterocycles. The number of ether oxygens (including phenoxy) is 1. The Hall–Kier alpha value is -1.88. The van der Waals surface area contributed by atoms with Gasteiger partial charge in [0.1, 0.15) is 0 Å². The number of hydrogen-bond acceptors (Lipinski definition) is 3. The lowest BCUT2D eigenvalue weighted by Gasteiger charge is -2.14. The van der Waals surface area contributed by atoms with Crippen molar-refractivity contribution in [3.05, 3.63) is 34.4 Å². The molecule has 0 radical (unpaired) electrons. The average molecular weight is 265 g/mol. The summed E-state index contributed by atoms with van der Waals surface area (Å²) in [4.78, 5) is 23.4. The highest BCUT2D eigenvalue weighted by molar-refractivity contribution is 6.06. The molecule has 0 saturated heterocycles. The molecule has 1 aromatic carbocycles. The lowest BCUT2D eigenvalue weighted by atomic mass is 9.96. The Kier molecular flexibility index (Phi) is 5.06. The van der Waals surface area contributed by atoms with Crippen LogP contribution in [-0.2, 0) is 4.74 Å². The molecule has 5 nitrogen and oxygen atoms in total. The first kappa shape index (κ1) is 15.2. The van der Waals surface area contributed by atoms with Crippen LogP contribution in [0, 0.1) is 13.8 Å². The molecule has 0 spiro atoms. The summed E-state index contributed by atoms with van der Waals surface area (Å²) in [5.41, 5.74) is 1.49. The van der Waals surface area contributed by atoms with Gasteiger partial charge in [-0.15, -0.1) is 0 Å². The number of benzene rings is 1. The summed E-state index contributed by atoms with van der Waals surface area (Å²) in [6, 6.07) is 3.45. The van der Waals surface area contributed by atoms with Crippen molar-refractivity contribution in [1.29, 1.82) is 0 Å². The Labute approximate surface area is 112 Å². The fraction of sp³-hybridized carbons (Fsp3) is 0.429. The fourth-order valence-electron chi connectivity index (χ4n) is 1.79. The third-order valence-electron chi connectivity index (χ3n) is 3.02. The number of aromatic carboxylic acids is 1. The SMILES string of the molecule is COC(C)CNC(=O)c1c(C)ccc(C)c1C(=O)O. The van der Waals surface area contributed by atoms with Gasteiger partial charge in [0.2, 0.25) is 0 Å². The molecular weight excluding hydrogens is 246 g/mol. The number of carboxylic acids is 1. The van der Waals surface area contributed by atoms with Crippen molar-refractivity contribution < 1.29 is 19.4 Å². The highest BCUT2D eigenvalue weighted by Crippen LogP contribution is 2.18. The van der Waals surface area contributed by atoms with Gasteiger partial charge in [0, 0.05) is 13.7 Å². The number of methoxy groups -OCH3 is 1. The minimum atomic E-state index is -1.09. The minimum absolute atomic E-state index is 0.0579. The van der Waals surface area contributed by atoms with E-state index >= 15 is 0 Å². The molecular formula is C14H19NO4. The van der Waals surface area contributed by atoms with Crippen molar-refractivity contribution in [3.63, 3.8) is 0 Å². The number of carboxylic acid groups (broad SMARTS) is 1. The monoisotopic (exact) mass is 265 g/mol. The van der Waals surface area contributed by atoms with Gasteiger partial charge in [0.25, 0.3) is 5.91 Å². The van der Waals surface area contributed by atoms with Crippen molar-refractivity contribution in [2.24, 2.45) is 0 Å². The van der Waals surface area contributed by atoms with Crippen LogP contribution >= 0.6 is 0 Å². The first-order valence-electron chi connectivity index (χ1n) is 6.03. The van der Waals surface area contributed by atoms with E-state index < -0.39 is 5.97 Å². The number of aryl methyl sites for hydroxylation is 2. The van der Waals surface area contributed by atoms with E-state index in [2.05, 4.69) is 5.32 Å². The van der Waals surface area contributed by atoms with Crippen LogP contribution in [-0.4, -0.2) is 36.7 Å². The van der Waals surface area contributed by atoms with Gasteiger partial charge in [0.05, 0.1) is 17.2 Å². The van der Waals surface area contributed by atoms with E-state index in [-0.39, 0.29) is 23.1 Å². The van der Waals surface area contributed by atoms with Crippen LogP contribution in [0.4, 0.5) is 0 Å². The first-order chi connectivity index (χ1) is 8.88. The van der Waals surface area contributed by atoms with E-state index in [9.17, 15) is 14.7 Å². The van der Waals surface area contributed by atoms with Gasteiger partial charge in [-0.05, 0) is 31.9 Å². The molecule has 19 heavy (non-hydrogen) atoms. The molecule has 104 valence electrons. The highest BCUT2D eigenvalue weighted by Gasteiger charge is 2.21. The Morgan fingerprint density at radius 1 is 1.26 bits per heavy atom. The summed E-state index contributed by atoms with van der Waals surface area (Å²) in [7, 11) is 1.55. The maximum atomic E-state index is 12.1. The van der Waals surface area contributed by atoms with Gasteiger partial charge in [-0.3, -0.25) is 4.79 Å². The zero-order chi connectivity index (χ0) is 14.6. The summed E-state index contributed by atoms with van der Waals surface area (Å²) >= 11 is 0. The zero-order valence-corrected chi connectivity index (χ0v) is 11.6. The lowest BCUT2D eigenvalue weighted by Crippen LogP contribution is -2.33. The summed E-state index contributed by atoms with van der Waals surface area (Å²) in [5, 5.41) is 11.9. The van der Waals surface area contributed by atoms with Gasteiger partial charge in [0.15, 0.2) is 0 Å². The largest absolute Gasteiger partial charge is 0.478 e. The predicted octanol–water partition coefficient (Wildman–Crippen LogP) is 1.77. The van der Waals surface area contributed by atoms with Crippen LogP contribution < -0.4 is 5.32 Å². The van der Waals surface area contributed by atoms with Gasteiger partial charge in [-0.1, -0.05) is 12.1 Å². The van der Waals surface area contributed by atoms with Crippen molar-refractivity contribution in [2.45, 2.75) is 26.9 Å². The minimum Gasteiger partial charge on any atom is -0.478 e. The topological polar surface area (TPSA) is 75.6 Å². The van der Waals surface area contributed by atoms with Crippen LogP contribution in [0.15, 0.2) is 12.1 Å². The second-order valence-electron chi connectivity index (χ2n) is 4.51. The number of nitrogens with one attached hydrogen (secondary N) is 1. The summed E-state index contributed by atoms with van der Waals surface area (Å²) < 4.78 is 5.04.